The monoisotopic (exact) mass is 117 g/mol. The van der Waals surface area contributed by atoms with Gasteiger partial charge in [0.05, 0.1) is 6.04 Å². The third kappa shape index (κ3) is 2.78. The molecule has 0 spiro atoms. The Hall–Kier alpha value is 0.125. The highest BCUT2D eigenvalue weighted by Crippen LogP contribution is 1.84. The van der Waals surface area contributed by atoms with E-state index in [1.807, 2.05) is 7.85 Å². The molecule has 2 unspecified atom stereocenters. The molecule has 0 radical (unpaired) electrons. The van der Waals surface area contributed by atoms with E-state index < -0.39 is 0 Å². The summed E-state index contributed by atoms with van der Waals surface area (Å²) in [7, 11) is 4.26. The van der Waals surface area contributed by atoms with E-state index in [0.717, 1.165) is 12.6 Å². The molecule has 1 N–H and O–H groups in total. The van der Waals surface area contributed by atoms with Crippen LogP contribution in [0.2, 0.25) is 6.32 Å². The maximum absolute atomic E-state index is 9.89. The summed E-state index contributed by atoms with van der Waals surface area (Å²) >= 11 is 0. The molecule has 0 aromatic heterocycles. The Morgan fingerprint density at radius 1 is 2.00 bits per heavy atom. The van der Waals surface area contributed by atoms with Gasteiger partial charge in [0.25, 0.3) is 0 Å². The van der Waals surface area contributed by atoms with Crippen LogP contribution in [0.3, 0.4) is 0 Å². The number of rotatable bonds is 3. The van der Waals surface area contributed by atoms with Gasteiger partial charge in [0.15, 0.2) is 0 Å². The van der Waals surface area contributed by atoms with Crippen molar-refractivity contribution in [1.29, 1.82) is 0 Å². The van der Waals surface area contributed by atoms with Gasteiger partial charge in [-0.3, -0.25) is 5.09 Å². The van der Waals surface area contributed by atoms with E-state index in [1.54, 1.807) is 0 Å². The topological polar surface area (TPSA) is 29.1 Å². The molecule has 0 aliphatic rings. The average molecular weight is 117 g/mol. The molecule has 2 atom stereocenters. The van der Waals surface area contributed by atoms with Crippen molar-refractivity contribution < 1.29 is 4.79 Å². The largest absolute Gasteiger partial charge is 0.302 e. The lowest BCUT2D eigenvalue weighted by Crippen LogP contribution is -2.20. The van der Waals surface area contributed by atoms with Crippen LogP contribution in [0, 0.1) is 0 Å². The van der Waals surface area contributed by atoms with Crippen molar-refractivity contribution in [3.8, 4) is 0 Å². The third-order valence-corrected chi connectivity index (χ3v) is 1.25. The van der Waals surface area contributed by atoms with E-state index in [0.29, 0.717) is 0 Å². The molecule has 0 aromatic carbocycles. The second kappa shape index (κ2) is 4.29. The predicted molar refractivity (Wildman–Crippen MR) is 36.0 cm³/mol. The fourth-order valence-corrected chi connectivity index (χ4v) is 0.568. The minimum atomic E-state index is 0.0185. The van der Waals surface area contributed by atoms with Crippen molar-refractivity contribution in [1.82, 2.24) is 5.09 Å². The summed E-state index contributed by atoms with van der Waals surface area (Å²) in [5.41, 5.74) is 0. The summed E-state index contributed by atoms with van der Waals surface area (Å²) in [4.78, 5) is 9.89. The minimum Gasteiger partial charge on any atom is -0.302 e. The molecule has 0 aliphatic heterocycles. The first kappa shape index (κ1) is 7.12. The fourth-order valence-electron chi connectivity index (χ4n) is 0.253. The second-order valence-corrected chi connectivity index (χ2v) is 1.65. The zero-order valence-electron chi connectivity index (χ0n) is 4.35. The molecule has 4 heteroatoms. The quantitative estimate of drug-likeness (QED) is 0.291. The van der Waals surface area contributed by atoms with Gasteiger partial charge in [0.1, 0.15) is 14.1 Å². The van der Waals surface area contributed by atoms with Crippen molar-refractivity contribution >= 4 is 23.5 Å². The highest BCUT2D eigenvalue weighted by atomic mass is 31.0. The first-order chi connectivity index (χ1) is 3.35. The predicted octanol–water partition coefficient (Wildman–Crippen LogP) is -1.02. The zero-order valence-corrected chi connectivity index (χ0v) is 5.50. The van der Waals surface area contributed by atoms with Crippen molar-refractivity contribution in [2.75, 3.05) is 0 Å². The van der Waals surface area contributed by atoms with Crippen LogP contribution in [0.15, 0.2) is 0 Å². The van der Waals surface area contributed by atoms with Gasteiger partial charge in [-0.05, 0) is 0 Å². The number of carbonyl (C=O) groups is 1. The fraction of sp³-hybridized carbons (Fsp3) is 0.667. The number of hydrogen-bond donors (Lipinski definition) is 1. The molecule has 0 heterocycles. The SMILES string of the molecule is BCC(C=O)NP. The van der Waals surface area contributed by atoms with Gasteiger partial charge >= 0.3 is 0 Å². The Balaban J connectivity index is 3.16. The molecular formula is C3H9BNOP. The maximum atomic E-state index is 9.89. The standard InChI is InChI=1S/C3H9BNOP/c4-1-3(2-6)5-7/h2-3,5H,1,4,7H2. The highest BCUT2D eigenvalue weighted by Gasteiger charge is 1.95. The smallest absolute Gasteiger partial charge is 0.136 e. The minimum absolute atomic E-state index is 0.0185. The van der Waals surface area contributed by atoms with Crippen molar-refractivity contribution in [3.05, 3.63) is 0 Å². The summed E-state index contributed by atoms with van der Waals surface area (Å²) in [5.74, 6) is 0. The summed E-state index contributed by atoms with van der Waals surface area (Å²) in [6.45, 7) is 0. The number of hydrogen-bond acceptors (Lipinski definition) is 2. The van der Waals surface area contributed by atoms with Crippen molar-refractivity contribution in [2.24, 2.45) is 0 Å². The zero-order chi connectivity index (χ0) is 5.70. The van der Waals surface area contributed by atoms with Crippen LogP contribution in [0.1, 0.15) is 0 Å². The molecule has 7 heavy (non-hydrogen) atoms. The molecular weight excluding hydrogens is 108 g/mol. The number of aldehydes is 1. The lowest BCUT2D eigenvalue weighted by molar-refractivity contribution is -0.108. The van der Waals surface area contributed by atoms with Gasteiger partial charge in [-0.15, -0.1) is 0 Å². The van der Waals surface area contributed by atoms with E-state index >= 15 is 0 Å². The Morgan fingerprint density at radius 2 is 2.57 bits per heavy atom. The molecule has 0 saturated heterocycles. The highest BCUT2D eigenvalue weighted by molar-refractivity contribution is 7.13. The van der Waals surface area contributed by atoms with Gasteiger partial charge in [0.2, 0.25) is 0 Å². The normalized spacial score (nSPS) is 13.3. The van der Waals surface area contributed by atoms with Crippen LogP contribution in [-0.2, 0) is 4.79 Å². The van der Waals surface area contributed by atoms with E-state index in [9.17, 15) is 4.79 Å². The number of carbonyl (C=O) groups excluding carboxylic acids is 1. The molecule has 2 nitrogen and oxygen atoms in total. The van der Waals surface area contributed by atoms with Crippen LogP contribution in [-0.4, -0.2) is 20.2 Å². The van der Waals surface area contributed by atoms with Crippen LogP contribution in [0.25, 0.3) is 0 Å². The van der Waals surface area contributed by atoms with Crippen LogP contribution < -0.4 is 5.09 Å². The molecule has 40 valence electrons. The summed E-state index contributed by atoms with van der Waals surface area (Å²) in [6.07, 6.45) is 1.75. The van der Waals surface area contributed by atoms with E-state index in [-0.39, 0.29) is 6.04 Å². The van der Waals surface area contributed by atoms with Gasteiger partial charge < -0.3 is 4.79 Å². The first-order valence-corrected chi connectivity index (χ1v) is 2.84. The maximum Gasteiger partial charge on any atom is 0.136 e. The van der Waals surface area contributed by atoms with Crippen LogP contribution in [0.4, 0.5) is 0 Å². The Morgan fingerprint density at radius 3 is 2.57 bits per heavy atom. The molecule has 0 bridgehead atoms. The Bertz CT molecular complexity index is 56.9. The van der Waals surface area contributed by atoms with Gasteiger partial charge in [-0.2, -0.15) is 0 Å². The average Bonchev–Trinajstić information content (AvgIpc) is 1.72. The summed E-state index contributed by atoms with van der Waals surface area (Å²) in [5, 5.41) is 2.75. The molecule has 0 aromatic rings. The molecule has 0 amide bonds. The van der Waals surface area contributed by atoms with Gasteiger partial charge in [-0.25, -0.2) is 0 Å². The van der Waals surface area contributed by atoms with Crippen molar-refractivity contribution in [3.63, 3.8) is 0 Å². The lowest BCUT2D eigenvalue weighted by atomic mass is 9.99. The van der Waals surface area contributed by atoms with Gasteiger partial charge in [0, 0.05) is 0 Å². The van der Waals surface area contributed by atoms with E-state index in [1.165, 1.54) is 0 Å². The Kier molecular flexibility index (Phi) is 4.36. The molecule has 0 fully saturated rings. The third-order valence-electron chi connectivity index (χ3n) is 0.818. The van der Waals surface area contributed by atoms with E-state index in [4.69, 9.17) is 0 Å². The summed E-state index contributed by atoms with van der Waals surface area (Å²) in [6, 6.07) is 0.0185. The second-order valence-electron chi connectivity index (χ2n) is 1.32. The molecule has 0 rings (SSSR count). The van der Waals surface area contributed by atoms with Crippen LogP contribution in [0.5, 0.6) is 0 Å². The molecule has 0 aliphatic carbocycles. The summed E-state index contributed by atoms with van der Waals surface area (Å²) < 4.78 is 0. The van der Waals surface area contributed by atoms with E-state index in [2.05, 4.69) is 14.5 Å². The van der Waals surface area contributed by atoms with Crippen LogP contribution >= 0.6 is 9.39 Å². The first-order valence-electron chi connectivity index (χ1n) is 2.26. The van der Waals surface area contributed by atoms with Crippen molar-refractivity contribution in [2.45, 2.75) is 12.4 Å². The Labute approximate surface area is 46.7 Å². The van der Waals surface area contributed by atoms with Gasteiger partial charge in [-0.1, -0.05) is 15.7 Å². The molecule has 0 saturated carbocycles. The lowest BCUT2D eigenvalue weighted by Gasteiger charge is -2.00. The number of nitrogens with one attached hydrogen (secondary N) is 1.